The summed E-state index contributed by atoms with van der Waals surface area (Å²) in [4.78, 5) is 6.64. The highest BCUT2D eigenvalue weighted by Crippen LogP contribution is 2.31. The van der Waals surface area contributed by atoms with E-state index in [0.29, 0.717) is 24.6 Å². The van der Waals surface area contributed by atoms with Gasteiger partial charge in [0.2, 0.25) is 0 Å². The molecule has 1 aliphatic carbocycles. The Balaban J connectivity index is 1.30. The van der Waals surface area contributed by atoms with Crippen LogP contribution in [0.2, 0.25) is 0 Å². The molecule has 7 heteroatoms. The minimum Gasteiger partial charge on any atom is -0.489 e. The summed E-state index contributed by atoms with van der Waals surface area (Å²) < 4.78 is 43.9. The van der Waals surface area contributed by atoms with Crippen LogP contribution in [0.5, 0.6) is 5.75 Å². The van der Waals surface area contributed by atoms with Crippen molar-refractivity contribution in [3.63, 3.8) is 0 Å². The number of halogens is 1. The van der Waals surface area contributed by atoms with Gasteiger partial charge in [0, 0.05) is 36.2 Å². The van der Waals surface area contributed by atoms with E-state index in [2.05, 4.69) is 24.0 Å². The molecule has 2 aromatic carbocycles. The third-order valence-electron chi connectivity index (χ3n) is 6.91. The Hall–Kier alpha value is -2.93. The molecular formula is C27H29FN2O3S. The van der Waals surface area contributed by atoms with E-state index >= 15 is 0 Å². The molecule has 1 atom stereocenters. The van der Waals surface area contributed by atoms with Gasteiger partial charge in [-0.1, -0.05) is 19.1 Å². The number of aryl methyl sites for hydroxylation is 1. The van der Waals surface area contributed by atoms with Crippen molar-refractivity contribution >= 4 is 15.7 Å². The number of fused-ring (bicyclic) bond motifs is 1. The second-order valence-corrected chi connectivity index (χ2v) is 12.0. The molecule has 5 rings (SSSR count). The Labute approximate surface area is 200 Å². The lowest BCUT2D eigenvalue weighted by Crippen LogP contribution is -2.54. The summed E-state index contributed by atoms with van der Waals surface area (Å²) in [5, 5.41) is -0.331. The minimum atomic E-state index is -3.03. The average molecular weight is 481 g/mol. The largest absolute Gasteiger partial charge is 0.489 e. The van der Waals surface area contributed by atoms with Crippen LogP contribution in [0.3, 0.4) is 0 Å². The Kier molecular flexibility index (Phi) is 5.84. The van der Waals surface area contributed by atoms with Gasteiger partial charge in [-0.15, -0.1) is 0 Å². The average Bonchev–Trinajstić information content (AvgIpc) is 3.10. The third kappa shape index (κ3) is 4.53. The second kappa shape index (κ2) is 8.69. The number of sulfone groups is 1. The van der Waals surface area contributed by atoms with Crippen molar-refractivity contribution in [2.75, 3.05) is 24.2 Å². The first kappa shape index (κ1) is 22.8. The molecule has 178 valence electrons. The van der Waals surface area contributed by atoms with E-state index in [1.54, 1.807) is 6.07 Å². The monoisotopic (exact) mass is 480 g/mol. The number of pyridine rings is 1. The quantitative estimate of drug-likeness (QED) is 0.510. The molecular weight excluding hydrogens is 451 g/mol. The molecule has 0 bridgehead atoms. The number of hydrogen-bond donors (Lipinski definition) is 0. The summed E-state index contributed by atoms with van der Waals surface area (Å²) in [5.41, 5.74) is 5.80. The van der Waals surface area contributed by atoms with Crippen molar-refractivity contribution in [1.29, 1.82) is 0 Å². The smallest absolute Gasteiger partial charge is 0.153 e. The highest BCUT2D eigenvalue weighted by Gasteiger charge is 2.35. The number of aromatic nitrogens is 1. The number of ether oxygens (including phenoxy) is 1. The van der Waals surface area contributed by atoms with Crippen molar-refractivity contribution < 1.29 is 17.5 Å². The standard InChI is InChI=1S/C27H29FN2O3S/c1-17-10-19-4-6-23(13-21(19)11-17)33-16-22-12-20(5-8-26(22)28)25-7-9-27(29-18(25)2)30-14-24(15-30)34(3,31)32/h4-9,12-13,17,24H,10-11,14-16H2,1-3H3. The van der Waals surface area contributed by atoms with Gasteiger partial charge in [0.15, 0.2) is 9.84 Å². The van der Waals surface area contributed by atoms with Crippen molar-refractivity contribution in [3.8, 4) is 16.9 Å². The molecule has 0 N–H and O–H groups in total. The van der Waals surface area contributed by atoms with Gasteiger partial charge in [0.05, 0.1) is 5.25 Å². The van der Waals surface area contributed by atoms with Crippen LogP contribution in [0.15, 0.2) is 48.5 Å². The van der Waals surface area contributed by atoms with Gasteiger partial charge >= 0.3 is 0 Å². The predicted molar refractivity (Wildman–Crippen MR) is 133 cm³/mol. The van der Waals surface area contributed by atoms with E-state index in [-0.39, 0.29) is 17.7 Å². The summed E-state index contributed by atoms with van der Waals surface area (Å²) in [6.07, 6.45) is 3.44. The number of benzene rings is 2. The van der Waals surface area contributed by atoms with Crippen LogP contribution >= 0.6 is 0 Å². The highest BCUT2D eigenvalue weighted by molar-refractivity contribution is 7.91. The van der Waals surface area contributed by atoms with Crippen LogP contribution in [0.4, 0.5) is 10.2 Å². The molecule has 5 nitrogen and oxygen atoms in total. The van der Waals surface area contributed by atoms with Crippen molar-refractivity contribution in [3.05, 3.63) is 76.7 Å². The van der Waals surface area contributed by atoms with Gasteiger partial charge in [-0.25, -0.2) is 17.8 Å². The maximum atomic E-state index is 14.6. The van der Waals surface area contributed by atoms with E-state index in [1.807, 2.05) is 36.1 Å². The number of rotatable bonds is 6. The first-order valence-corrected chi connectivity index (χ1v) is 13.6. The van der Waals surface area contributed by atoms with Crippen LogP contribution in [-0.2, 0) is 29.3 Å². The third-order valence-corrected chi connectivity index (χ3v) is 8.42. The first-order valence-electron chi connectivity index (χ1n) is 11.6. The van der Waals surface area contributed by atoms with Crippen LogP contribution < -0.4 is 9.64 Å². The van der Waals surface area contributed by atoms with Crippen molar-refractivity contribution in [2.24, 2.45) is 5.92 Å². The summed E-state index contributed by atoms with van der Waals surface area (Å²) in [7, 11) is -3.03. The molecule has 1 aromatic heterocycles. The molecule has 0 spiro atoms. The topological polar surface area (TPSA) is 59.5 Å². The van der Waals surface area contributed by atoms with Gasteiger partial charge in [0.25, 0.3) is 0 Å². The van der Waals surface area contributed by atoms with Crippen molar-refractivity contribution in [2.45, 2.75) is 38.5 Å². The van der Waals surface area contributed by atoms with Gasteiger partial charge in [-0.2, -0.15) is 0 Å². The highest BCUT2D eigenvalue weighted by atomic mass is 32.2. The normalized spacial score (nSPS) is 18.0. The fraction of sp³-hybridized carbons (Fsp3) is 0.370. The number of nitrogens with zero attached hydrogens (tertiary/aromatic N) is 2. The van der Waals surface area contributed by atoms with Gasteiger partial charge in [-0.05, 0) is 78.8 Å². The SMILES string of the molecule is Cc1nc(N2CC(S(C)(=O)=O)C2)ccc1-c1ccc(F)c(COc2ccc3c(c2)CC(C)C3)c1. The minimum absolute atomic E-state index is 0.152. The van der Waals surface area contributed by atoms with Crippen LogP contribution in [0, 0.1) is 18.7 Å². The Morgan fingerprint density at radius 1 is 1.06 bits per heavy atom. The molecule has 3 aromatic rings. The van der Waals surface area contributed by atoms with E-state index in [1.165, 1.54) is 23.4 Å². The Morgan fingerprint density at radius 3 is 2.56 bits per heavy atom. The maximum absolute atomic E-state index is 14.6. The summed E-state index contributed by atoms with van der Waals surface area (Å²) in [6, 6.07) is 15.1. The Morgan fingerprint density at radius 2 is 1.82 bits per heavy atom. The Bertz CT molecular complexity index is 1350. The molecule has 34 heavy (non-hydrogen) atoms. The maximum Gasteiger partial charge on any atom is 0.153 e. The zero-order valence-corrected chi connectivity index (χ0v) is 20.5. The van der Waals surface area contributed by atoms with E-state index in [4.69, 9.17) is 4.74 Å². The molecule has 1 fully saturated rings. The predicted octanol–water partition coefficient (Wildman–Crippen LogP) is 4.74. The van der Waals surface area contributed by atoms with Crippen LogP contribution in [0.25, 0.3) is 11.1 Å². The lowest BCUT2D eigenvalue weighted by atomic mass is 10.0. The lowest BCUT2D eigenvalue weighted by molar-refractivity contribution is 0.299. The molecule has 2 aliphatic rings. The van der Waals surface area contributed by atoms with E-state index < -0.39 is 9.84 Å². The molecule has 2 heterocycles. The summed E-state index contributed by atoms with van der Waals surface area (Å²) >= 11 is 0. The molecule has 0 saturated carbocycles. The molecule has 1 saturated heterocycles. The fourth-order valence-corrected chi connectivity index (χ4v) is 5.74. The zero-order chi connectivity index (χ0) is 24.0. The van der Waals surface area contributed by atoms with E-state index in [0.717, 1.165) is 41.2 Å². The second-order valence-electron chi connectivity index (χ2n) is 9.70. The summed E-state index contributed by atoms with van der Waals surface area (Å²) in [6.45, 7) is 5.24. The summed E-state index contributed by atoms with van der Waals surface area (Å²) in [5.74, 6) is 1.89. The molecule has 0 radical (unpaired) electrons. The number of anilines is 1. The van der Waals surface area contributed by atoms with Gasteiger partial charge in [0.1, 0.15) is 24.0 Å². The van der Waals surface area contributed by atoms with Gasteiger partial charge in [-0.3, -0.25) is 0 Å². The zero-order valence-electron chi connectivity index (χ0n) is 19.7. The molecule has 1 unspecified atom stereocenters. The number of hydrogen-bond acceptors (Lipinski definition) is 5. The van der Waals surface area contributed by atoms with Crippen LogP contribution in [-0.4, -0.2) is 38.0 Å². The van der Waals surface area contributed by atoms with Gasteiger partial charge < -0.3 is 9.64 Å². The van der Waals surface area contributed by atoms with E-state index in [9.17, 15) is 12.8 Å². The fourth-order valence-electron chi connectivity index (χ4n) is 4.84. The van der Waals surface area contributed by atoms with Crippen LogP contribution in [0.1, 0.15) is 29.3 Å². The molecule has 1 aliphatic heterocycles. The first-order chi connectivity index (χ1) is 16.2. The van der Waals surface area contributed by atoms with Crippen molar-refractivity contribution in [1.82, 2.24) is 4.98 Å². The lowest BCUT2D eigenvalue weighted by Gasteiger charge is -2.39. The molecule has 0 amide bonds.